The van der Waals surface area contributed by atoms with Crippen LogP contribution in [-0.2, 0) is 6.54 Å². The summed E-state index contributed by atoms with van der Waals surface area (Å²) in [6.45, 7) is 1.83. The van der Waals surface area contributed by atoms with Crippen molar-refractivity contribution in [2.45, 2.75) is 13.5 Å². The van der Waals surface area contributed by atoms with Gasteiger partial charge < -0.3 is 10.1 Å². The van der Waals surface area contributed by atoms with Gasteiger partial charge in [-0.15, -0.1) is 0 Å². The predicted molar refractivity (Wildman–Crippen MR) is 114 cm³/mol. The molecule has 2 N–H and O–H groups in total. The second-order valence-corrected chi connectivity index (χ2v) is 6.76. The fourth-order valence-corrected chi connectivity index (χ4v) is 3.03. The molecule has 2 aromatic carbocycles. The van der Waals surface area contributed by atoms with Crippen LogP contribution in [0.2, 0.25) is 0 Å². The van der Waals surface area contributed by atoms with Crippen molar-refractivity contribution in [1.29, 1.82) is 0 Å². The first-order valence-corrected chi connectivity index (χ1v) is 9.55. The van der Waals surface area contributed by atoms with Crippen LogP contribution >= 0.6 is 0 Å². The minimum atomic E-state index is -0.586. The van der Waals surface area contributed by atoms with Crippen LogP contribution in [0.25, 0.3) is 17.1 Å². The second-order valence-electron chi connectivity index (χ2n) is 6.76. The van der Waals surface area contributed by atoms with Crippen LogP contribution in [0, 0.1) is 6.92 Å². The fourth-order valence-electron chi connectivity index (χ4n) is 3.03. The average Bonchev–Trinajstić information content (AvgIpc) is 3.27. The number of amides is 1. The Morgan fingerprint density at radius 2 is 1.87 bits per heavy atom. The van der Waals surface area contributed by atoms with Crippen LogP contribution in [0.15, 0.2) is 65.5 Å². The summed E-state index contributed by atoms with van der Waals surface area (Å²) in [5.74, 6) is 1.09. The number of nitrogens with zero attached hydrogens (tertiary/aromatic N) is 4. The molecular weight excluding hydrogens is 396 g/mol. The summed E-state index contributed by atoms with van der Waals surface area (Å²) < 4.78 is 6.70. The van der Waals surface area contributed by atoms with Crippen molar-refractivity contribution >= 4 is 5.91 Å². The highest BCUT2D eigenvalue weighted by Gasteiger charge is 2.16. The van der Waals surface area contributed by atoms with Crippen LogP contribution in [-0.4, -0.2) is 38.0 Å². The number of carbonyl (C=O) groups is 1. The molecule has 0 unspecified atom stereocenters. The molecule has 0 bridgehead atoms. The summed E-state index contributed by atoms with van der Waals surface area (Å²) in [7, 11) is 1.60. The molecule has 0 aliphatic rings. The number of ether oxygens (including phenoxy) is 1. The van der Waals surface area contributed by atoms with Gasteiger partial charge in [0.2, 0.25) is 5.43 Å². The lowest BCUT2D eigenvalue weighted by atomic mass is 10.2. The normalized spacial score (nSPS) is 10.6. The molecule has 2 aromatic heterocycles. The van der Waals surface area contributed by atoms with Gasteiger partial charge in [0.25, 0.3) is 5.91 Å². The first-order chi connectivity index (χ1) is 15.0. The molecule has 0 aliphatic heterocycles. The molecule has 4 aromatic rings. The van der Waals surface area contributed by atoms with Gasteiger partial charge >= 0.3 is 0 Å². The van der Waals surface area contributed by atoms with Gasteiger partial charge in [-0.25, -0.2) is 9.67 Å². The Labute approximate surface area is 177 Å². The SMILES string of the molecule is COc1ccc(-c2n[nH]c(CNC(=O)c3nn(-c4ccccc4)c(C)cc3=O)n2)cc1. The molecule has 0 fully saturated rings. The van der Waals surface area contributed by atoms with E-state index in [0.29, 0.717) is 17.3 Å². The Morgan fingerprint density at radius 3 is 2.58 bits per heavy atom. The molecule has 0 saturated heterocycles. The van der Waals surface area contributed by atoms with Crippen molar-refractivity contribution in [2.75, 3.05) is 7.11 Å². The smallest absolute Gasteiger partial charge is 0.276 e. The number of carbonyl (C=O) groups excluding carboxylic acids is 1. The van der Waals surface area contributed by atoms with Crippen LogP contribution in [0.1, 0.15) is 22.0 Å². The Balaban J connectivity index is 1.49. The maximum atomic E-state index is 12.6. The highest BCUT2D eigenvalue weighted by atomic mass is 16.5. The van der Waals surface area contributed by atoms with Crippen molar-refractivity contribution < 1.29 is 9.53 Å². The third-order valence-corrected chi connectivity index (χ3v) is 4.62. The van der Waals surface area contributed by atoms with E-state index in [-0.39, 0.29) is 12.2 Å². The summed E-state index contributed by atoms with van der Waals surface area (Å²) in [6, 6.07) is 18.0. The number of hydrogen-bond acceptors (Lipinski definition) is 6. The minimum absolute atomic E-state index is 0.0717. The highest BCUT2D eigenvalue weighted by Crippen LogP contribution is 2.18. The van der Waals surface area contributed by atoms with E-state index in [1.54, 1.807) is 18.7 Å². The van der Waals surface area contributed by atoms with E-state index in [4.69, 9.17) is 4.74 Å². The zero-order valence-corrected chi connectivity index (χ0v) is 17.0. The molecule has 0 spiro atoms. The third kappa shape index (κ3) is 4.35. The topological polar surface area (TPSA) is 115 Å². The van der Waals surface area contributed by atoms with Crippen LogP contribution in [0.4, 0.5) is 0 Å². The summed E-state index contributed by atoms with van der Waals surface area (Å²) >= 11 is 0. The number of rotatable bonds is 6. The number of aromatic amines is 1. The predicted octanol–water partition coefficient (Wildman–Crippen LogP) is 2.26. The zero-order valence-electron chi connectivity index (χ0n) is 17.0. The van der Waals surface area contributed by atoms with Crippen molar-refractivity contribution in [3.05, 3.63) is 88.1 Å². The van der Waals surface area contributed by atoms with Gasteiger partial charge in [-0.05, 0) is 43.3 Å². The van der Waals surface area contributed by atoms with E-state index < -0.39 is 11.3 Å². The van der Waals surface area contributed by atoms with Crippen molar-refractivity contribution in [3.8, 4) is 22.8 Å². The lowest BCUT2D eigenvalue weighted by molar-refractivity contribution is 0.0942. The number of H-pyrrole nitrogens is 1. The van der Waals surface area contributed by atoms with Crippen LogP contribution < -0.4 is 15.5 Å². The number of methoxy groups -OCH3 is 1. The highest BCUT2D eigenvalue weighted by molar-refractivity contribution is 5.91. The lowest BCUT2D eigenvalue weighted by Gasteiger charge is -2.11. The molecule has 9 nitrogen and oxygen atoms in total. The molecule has 4 rings (SSSR count). The second kappa shape index (κ2) is 8.62. The number of aryl methyl sites for hydroxylation is 1. The van der Waals surface area contributed by atoms with Gasteiger partial charge in [0.05, 0.1) is 19.3 Å². The molecule has 0 aliphatic carbocycles. The summed E-state index contributed by atoms with van der Waals surface area (Å²) in [4.78, 5) is 29.3. The largest absolute Gasteiger partial charge is 0.497 e. The first-order valence-electron chi connectivity index (χ1n) is 9.55. The van der Waals surface area contributed by atoms with E-state index in [0.717, 1.165) is 17.0 Å². The van der Waals surface area contributed by atoms with Gasteiger partial charge in [-0.2, -0.15) is 10.2 Å². The maximum Gasteiger partial charge on any atom is 0.276 e. The Morgan fingerprint density at radius 1 is 1.13 bits per heavy atom. The summed E-state index contributed by atoms with van der Waals surface area (Å²) in [5, 5.41) is 13.9. The van der Waals surface area contributed by atoms with Crippen LogP contribution in [0.3, 0.4) is 0 Å². The number of nitrogens with one attached hydrogen (secondary N) is 2. The van der Waals surface area contributed by atoms with Gasteiger partial charge in [-0.3, -0.25) is 14.7 Å². The van der Waals surface area contributed by atoms with E-state index in [9.17, 15) is 9.59 Å². The van der Waals surface area contributed by atoms with E-state index in [1.807, 2.05) is 54.6 Å². The third-order valence-electron chi connectivity index (χ3n) is 4.62. The van der Waals surface area contributed by atoms with E-state index in [1.165, 1.54) is 6.07 Å². The Bertz CT molecular complexity index is 1260. The maximum absolute atomic E-state index is 12.6. The number of benzene rings is 2. The monoisotopic (exact) mass is 416 g/mol. The standard InChI is InChI=1S/C22H20N6O3/c1-14-12-18(29)20(27-28(14)16-6-4-3-5-7-16)22(30)23-13-19-24-21(26-25-19)15-8-10-17(31-2)11-9-15/h3-12H,13H2,1-2H3,(H,23,30)(H,24,25,26). The number of hydrogen-bond donors (Lipinski definition) is 2. The quantitative estimate of drug-likeness (QED) is 0.498. The van der Waals surface area contributed by atoms with Gasteiger partial charge in [0.15, 0.2) is 11.5 Å². The number of aromatic nitrogens is 5. The fraction of sp³-hybridized carbons (Fsp3) is 0.136. The molecule has 156 valence electrons. The Kier molecular flexibility index (Phi) is 5.57. The van der Waals surface area contributed by atoms with Crippen molar-refractivity contribution in [2.24, 2.45) is 0 Å². The Hall–Kier alpha value is -4.27. The first kappa shape index (κ1) is 20.0. The molecule has 0 saturated carbocycles. The van der Waals surface area contributed by atoms with E-state index >= 15 is 0 Å². The minimum Gasteiger partial charge on any atom is -0.497 e. The lowest BCUT2D eigenvalue weighted by Crippen LogP contribution is -2.32. The number of para-hydroxylation sites is 1. The summed E-state index contributed by atoms with van der Waals surface area (Å²) in [6.07, 6.45) is 0. The summed E-state index contributed by atoms with van der Waals surface area (Å²) in [5.41, 5.74) is 1.56. The average molecular weight is 416 g/mol. The van der Waals surface area contributed by atoms with Crippen molar-refractivity contribution in [3.63, 3.8) is 0 Å². The molecule has 31 heavy (non-hydrogen) atoms. The zero-order chi connectivity index (χ0) is 21.8. The van der Waals surface area contributed by atoms with Gasteiger partial charge in [0, 0.05) is 17.3 Å². The van der Waals surface area contributed by atoms with Crippen molar-refractivity contribution in [1.82, 2.24) is 30.3 Å². The van der Waals surface area contributed by atoms with E-state index in [2.05, 4.69) is 25.6 Å². The van der Waals surface area contributed by atoms with Gasteiger partial charge in [0.1, 0.15) is 11.6 Å². The molecular formula is C22H20N6O3. The molecule has 9 heteroatoms. The van der Waals surface area contributed by atoms with Crippen LogP contribution in [0.5, 0.6) is 5.75 Å². The molecule has 2 heterocycles. The molecule has 1 amide bonds. The molecule has 0 atom stereocenters. The molecule has 0 radical (unpaired) electrons. The van der Waals surface area contributed by atoms with Gasteiger partial charge in [-0.1, -0.05) is 18.2 Å².